The number of hydrogen-bond donors (Lipinski definition) is 0. The number of ether oxygens (including phenoxy) is 1. The number of pyridine rings is 1. The zero-order valence-electron chi connectivity index (χ0n) is 29.7. The molecule has 3 atom stereocenters. The SMILES string of the molecule is Cc1nccc(/C=C/C(=O)N2CCCC(C=[N+](C)c3nc(OC[C@@]45CCCN4C[C@H](F)C5)nc4c(F)c(-c5cccc6cccc(Cl)c56)ncc34)C2)n1. The fourth-order valence-electron chi connectivity index (χ4n) is 8.23. The second-order valence-corrected chi connectivity index (χ2v) is 14.7. The number of hydrogen-bond acceptors (Lipinski definition) is 8. The first-order valence-corrected chi connectivity index (χ1v) is 18.5. The van der Waals surface area contributed by atoms with E-state index in [-0.39, 0.29) is 35.7 Å². The molecule has 3 fully saturated rings. The van der Waals surface area contributed by atoms with Crippen LogP contribution < -0.4 is 4.74 Å². The summed E-state index contributed by atoms with van der Waals surface area (Å²) in [5, 5.41) is 2.45. The van der Waals surface area contributed by atoms with Crippen LogP contribution in [0.4, 0.5) is 14.6 Å². The van der Waals surface area contributed by atoms with Gasteiger partial charge >= 0.3 is 11.8 Å². The quantitative estimate of drug-likeness (QED) is 0.0956. The summed E-state index contributed by atoms with van der Waals surface area (Å²) in [6.45, 7) is 4.36. The zero-order valence-corrected chi connectivity index (χ0v) is 30.4. The van der Waals surface area contributed by atoms with E-state index in [2.05, 4.69) is 24.8 Å². The molecule has 0 aliphatic carbocycles. The Kier molecular flexibility index (Phi) is 9.59. The Morgan fingerprint density at radius 2 is 1.94 bits per heavy atom. The van der Waals surface area contributed by atoms with Crippen molar-refractivity contribution in [1.82, 2.24) is 34.7 Å². The van der Waals surface area contributed by atoms with Gasteiger partial charge in [-0.3, -0.25) is 14.7 Å². The molecule has 0 bridgehead atoms. The van der Waals surface area contributed by atoms with E-state index in [1.165, 1.54) is 0 Å². The van der Waals surface area contributed by atoms with Crippen molar-refractivity contribution in [3.63, 3.8) is 0 Å². The molecule has 2 aromatic carbocycles. The largest absolute Gasteiger partial charge is 0.443 e. The van der Waals surface area contributed by atoms with E-state index in [0.29, 0.717) is 64.7 Å². The second kappa shape index (κ2) is 14.5. The highest BCUT2D eigenvalue weighted by molar-refractivity contribution is 6.36. The summed E-state index contributed by atoms with van der Waals surface area (Å²) in [5.41, 5.74) is 0.953. The van der Waals surface area contributed by atoms with E-state index in [1.807, 2.05) is 47.0 Å². The normalized spacial score (nSPS) is 22.3. The van der Waals surface area contributed by atoms with E-state index in [1.54, 1.807) is 49.7 Å². The molecule has 0 spiro atoms. The number of amides is 1. The Balaban J connectivity index is 1.14. The lowest BCUT2D eigenvalue weighted by Crippen LogP contribution is -2.43. The Morgan fingerprint density at radius 1 is 1.09 bits per heavy atom. The van der Waals surface area contributed by atoms with Crippen LogP contribution >= 0.6 is 11.6 Å². The molecule has 3 aliphatic rings. The van der Waals surface area contributed by atoms with Gasteiger partial charge in [0.2, 0.25) is 5.91 Å². The number of halogens is 3. The minimum absolute atomic E-state index is 0.00240. The molecule has 1 unspecified atom stereocenters. The summed E-state index contributed by atoms with van der Waals surface area (Å²) in [6, 6.07) is 12.9. The summed E-state index contributed by atoms with van der Waals surface area (Å²) in [4.78, 5) is 39.7. The number of carbonyl (C=O) groups excluding carboxylic acids is 1. The maximum absolute atomic E-state index is 16.9. The van der Waals surface area contributed by atoms with E-state index >= 15 is 4.39 Å². The van der Waals surface area contributed by atoms with Crippen molar-refractivity contribution in [2.75, 3.05) is 39.8 Å². The second-order valence-electron chi connectivity index (χ2n) is 14.3. The monoisotopic (exact) mass is 737 g/mol. The number of piperidine rings is 1. The highest BCUT2D eigenvalue weighted by Gasteiger charge is 2.49. The van der Waals surface area contributed by atoms with Gasteiger partial charge in [0.15, 0.2) is 5.82 Å². The Bertz CT molecular complexity index is 2280. The summed E-state index contributed by atoms with van der Waals surface area (Å²) < 4.78 is 39.6. The first kappa shape index (κ1) is 35.1. The molecule has 1 amide bonds. The highest BCUT2D eigenvalue weighted by Crippen LogP contribution is 2.41. The van der Waals surface area contributed by atoms with Crippen LogP contribution in [0.3, 0.4) is 0 Å². The lowest BCUT2D eigenvalue weighted by Gasteiger charge is -2.30. The van der Waals surface area contributed by atoms with Gasteiger partial charge < -0.3 is 9.64 Å². The Labute approximate surface area is 311 Å². The van der Waals surface area contributed by atoms with Gasteiger partial charge in [0.25, 0.3) is 0 Å². The number of aryl methyl sites for hydroxylation is 1. The molecule has 0 N–H and O–H groups in total. The number of rotatable bonds is 8. The number of fused-ring (bicyclic) bond motifs is 3. The van der Waals surface area contributed by atoms with Crippen LogP contribution in [-0.4, -0.2) is 103 Å². The maximum atomic E-state index is 16.9. The van der Waals surface area contributed by atoms with Crippen LogP contribution in [0.15, 0.2) is 60.9 Å². The summed E-state index contributed by atoms with van der Waals surface area (Å²) in [6.07, 6.45) is 11.4. The van der Waals surface area contributed by atoms with E-state index in [4.69, 9.17) is 21.3 Å². The molecular weight excluding hydrogens is 698 g/mol. The molecule has 272 valence electrons. The fraction of sp³-hybridized carbons (Fsp3) is 0.375. The third-order valence-corrected chi connectivity index (χ3v) is 11.0. The van der Waals surface area contributed by atoms with Crippen molar-refractivity contribution in [3.05, 3.63) is 83.3 Å². The van der Waals surface area contributed by atoms with Gasteiger partial charge in [0, 0.05) is 71.4 Å². The van der Waals surface area contributed by atoms with Crippen LogP contribution in [0.1, 0.15) is 43.6 Å². The van der Waals surface area contributed by atoms with Crippen LogP contribution in [0.5, 0.6) is 6.01 Å². The van der Waals surface area contributed by atoms with Gasteiger partial charge in [-0.05, 0) is 62.7 Å². The van der Waals surface area contributed by atoms with Crippen LogP contribution in [0.25, 0.3) is 39.0 Å². The molecular formula is C40H40ClF2N8O2+. The smallest absolute Gasteiger partial charge is 0.434 e. The first-order valence-electron chi connectivity index (χ1n) is 18.1. The van der Waals surface area contributed by atoms with Gasteiger partial charge in [-0.25, -0.2) is 23.3 Å². The van der Waals surface area contributed by atoms with Crippen molar-refractivity contribution < 1.29 is 22.9 Å². The van der Waals surface area contributed by atoms with E-state index in [9.17, 15) is 9.18 Å². The summed E-state index contributed by atoms with van der Waals surface area (Å²) in [7, 11) is 1.85. The average Bonchev–Trinajstić information content (AvgIpc) is 3.68. The first-order chi connectivity index (χ1) is 25.7. The number of aromatic nitrogens is 5. The standard InChI is InChI=1S/C40H40ClF2N8O2/c1-25-44-16-14-29(46-25)12-13-33(52)50-17-5-7-26(22-50)21-49(2)38-31-20-45-36(30-10-3-8-27-9-4-11-32(41)34(27)30)35(43)37(31)47-39(48-38)53-24-40-15-6-18-51(40)23-28(42)19-40/h3-4,8-14,16,20-21,26,28H,5-7,15,17-19,22-24H2,1-2H3/q+1/b13-12+,49-21?/t26?,28-,40+/m1/s1. The van der Waals surface area contributed by atoms with Gasteiger partial charge in [-0.15, -0.1) is 0 Å². The molecule has 6 heterocycles. The van der Waals surface area contributed by atoms with Crippen molar-refractivity contribution in [2.45, 2.75) is 50.7 Å². The molecule has 10 nitrogen and oxygen atoms in total. The minimum Gasteiger partial charge on any atom is -0.443 e. The number of nitrogens with zero attached hydrogens (tertiary/aromatic N) is 8. The fourth-order valence-corrected chi connectivity index (χ4v) is 8.51. The van der Waals surface area contributed by atoms with Crippen molar-refractivity contribution >= 4 is 57.3 Å². The lowest BCUT2D eigenvalue weighted by atomic mass is 9.95. The summed E-state index contributed by atoms with van der Waals surface area (Å²) in [5.74, 6) is 0.333. The maximum Gasteiger partial charge on any atom is 0.434 e. The number of benzene rings is 2. The van der Waals surface area contributed by atoms with Crippen LogP contribution in [0.2, 0.25) is 5.02 Å². The lowest BCUT2D eigenvalue weighted by molar-refractivity contribution is -0.405. The molecule has 3 aromatic heterocycles. The van der Waals surface area contributed by atoms with Gasteiger partial charge in [-0.1, -0.05) is 41.9 Å². The molecule has 3 aliphatic heterocycles. The average molecular weight is 738 g/mol. The molecule has 0 saturated carbocycles. The third-order valence-electron chi connectivity index (χ3n) is 10.7. The number of carbonyl (C=O) groups is 1. The Morgan fingerprint density at radius 3 is 2.79 bits per heavy atom. The summed E-state index contributed by atoms with van der Waals surface area (Å²) >= 11 is 6.64. The molecule has 3 saturated heterocycles. The van der Waals surface area contributed by atoms with Crippen molar-refractivity contribution in [2.24, 2.45) is 5.92 Å². The number of alkyl halides is 1. The van der Waals surface area contributed by atoms with E-state index in [0.717, 1.165) is 37.6 Å². The third kappa shape index (κ3) is 6.97. The highest BCUT2D eigenvalue weighted by atomic mass is 35.5. The molecule has 13 heteroatoms. The zero-order chi connectivity index (χ0) is 36.7. The van der Waals surface area contributed by atoms with Crippen LogP contribution in [0, 0.1) is 18.7 Å². The van der Waals surface area contributed by atoms with Crippen molar-refractivity contribution in [1.29, 1.82) is 0 Å². The van der Waals surface area contributed by atoms with Crippen LogP contribution in [-0.2, 0) is 4.79 Å². The molecule has 53 heavy (non-hydrogen) atoms. The van der Waals surface area contributed by atoms with Gasteiger partial charge in [-0.2, -0.15) is 4.98 Å². The molecule has 8 rings (SSSR count). The number of likely N-dealkylation sites (tertiary alicyclic amines) is 1. The van der Waals surface area contributed by atoms with Gasteiger partial charge in [0.05, 0.1) is 24.5 Å². The Hall–Kier alpha value is -4.94. The van der Waals surface area contributed by atoms with Gasteiger partial charge in [0.1, 0.15) is 35.2 Å². The molecule has 0 radical (unpaired) electrons. The molecule has 5 aromatic rings. The predicted molar refractivity (Wildman–Crippen MR) is 201 cm³/mol. The minimum atomic E-state index is -0.916. The topological polar surface area (TPSA) is 100 Å². The predicted octanol–water partition coefficient (Wildman–Crippen LogP) is 6.99. The van der Waals surface area contributed by atoms with E-state index < -0.39 is 17.5 Å². The van der Waals surface area contributed by atoms with Crippen molar-refractivity contribution in [3.8, 4) is 17.3 Å².